The van der Waals surface area contributed by atoms with E-state index in [0.717, 1.165) is 22.4 Å². The van der Waals surface area contributed by atoms with Crippen molar-refractivity contribution in [2.75, 3.05) is 0 Å². The van der Waals surface area contributed by atoms with Crippen molar-refractivity contribution in [2.45, 2.75) is 0 Å². The van der Waals surface area contributed by atoms with Crippen LogP contribution in [-0.2, 0) is 0 Å². The summed E-state index contributed by atoms with van der Waals surface area (Å²) in [5.74, 6) is 1.96. The van der Waals surface area contributed by atoms with Crippen LogP contribution in [0.25, 0.3) is 113 Å². The molecule has 0 unspecified atom stereocenters. The van der Waals surface area contributed by atoms with Crippen molar-refractivity contribution in [1.29, 1.82) is 0 Å². The Kier molecular flexibility index (Phi) is 7.24. The Morgan fingerprint density at radius 1 is 0.351 bits per heavy atom. The van der Waals surface area contributed by atoms with E-state index in [4.69, 9.17) is 15.0 Å². The molecular weight excluding hydrogens is 733 g/mol. The van der Waals surface area contributed by atoms with E-state index in [1.54, 1.807) is 0 Å². The molecule has 0 bridgehead atoms. The molecule has 0 amide bonds. The van der Waals surface area contributed by atoms with Crippen LogP contribution in [0.3, 0.4) is 0 Å². The van der Waals surface area contributed by atoms with E-state index in [2.05, 4.69) is 150 Å². The van der Waals surface area contributed by atoms with E-state index in [0.29, 0.717) is 17.5 Å². The van der Waals surface area contributed by atoms with Gasteiger partial charge in [0.05, 0.1) is 11.0 Å². The zero-order valence-electron chi connectivity index (χ0n) is 30.4. The topological polar surface area (TPSA) is 43.6 Å². The Hall–Kier alpha value is -6.99. The van der Waals surface area contributed by atoms with Crippen LogP contribution >= 0.6 is 22.7 Å². The Morgan fingerprint density at radius 3 is 1.60 bits per heavy atom. The van der Waals surface area contributed by atoms with Gasteiger partial charge in [-0.2, -0.15) is 0 Å². The molecule has 4 nitrogen and oxygen atoms in total. The standard InChI is InChI=1S/C51H30N4S2/c1-3-14-31(15-4-1)49-52-50(32-16-5-2-6-17-32)54-51(53-49)33-26-27-45-41(28-33)47-40(39-22-13-21-38-37-20-9-12-25-44(37)57-48(38)39)29-34(30-46(47)56-45)55-42-23-10-7-18-35(42)36-19-8-11-24-43(36)55/h1-30H. The third kappa shape index (κ3) is 5.15. The average Bonchev–Trinajstić information content (AvgIpc) is 3.96. The lowest BCUT2D eigenvalue weighted by Gasteiger charge is -2.13. The molecule has 0 spiro atoms. The number of fused-ring (bicyclic) bond motifs is 9. The number of thiophene rings is 2. The summed E-state index contributed by atoms with van der Waals surface area (Å²) in [6, 6.07) is 64.9. The van der Waals surface area contributed by atoms with Crippen molar-refractivity contribution in [3.8, 4) is 51.0 Å². The highest BCUT2D eigenvalue weighted by Crippen LogP contribution is 2.47. The van der Waals surface area contributed by atoms with Crippen LogP contribution in [0, 0.1) is 0 Å². The lowest BCUT2D eigenvalue weighted by Crippen LogP contribution is -2.00. The first kappa shape index (κ1) is 32.3. The normalized spacial score (nSPS) is 11.9. The number of para-hydroxylation sites is 2. The molecule has 57 heavy (non-hydrogen) atoms. The van der Waals surface area contributed by atoms with Gasteiger partial charge in [0.2, 0.25) is 0 Å². The monoisotopic (exact) mass is 762 g/mol. The molecule has 0 aliphatic carbocycles. The van der Waals surface area contributed by atoms with Crippen molar-refractivity contribution >= 4 is 84.8 Å². The van der Waals surface area contributed by atoms with Crippen LogP contribution in [0.2, 0.25) is 0 Å². The molecule has 0 N–H and O–H groups in total. The highest BCUT2D eigenvalue weighted by atomic mass is 32.1. The van der Waals surface area contributed by atoms with E-state index in [1.807, 2.05) is 59.1 Å². The summed E-state index contributed by atoms with van der Waals surface area (Å²) in [5.41, 5.74) is 8.87. The second-order valence-corrected chi connectivity index (χ2v) is 16.5. The third-order valence-electron chi connectivity index (χ3n) is 11.0. The molecule has 12 rings (SSSR count). The molecule has 4 heterocycles. The molecule has 0 radical (unpaired) electrons. The van der Waals surface area contributed by atoms with Gasteiger partial charge in [-0.25, -0.2) is 15.0 Å². The molecule has 0 saturated carbocycles. The minimum absolute atomic E-state index is 0.652. The SMILES string of the molecule is c1ccc(-c2nc(-c3ccccc3)nc(-c3ccc4sc5cc(-n6c7ccccc7c7ccccc76)cc(-c6cccc7c6sc6ccccc67)c5c4c3)n2)cc1. The summed E-state index contributed by atoms with van der Waals surface area (Å²) in [5, 5.41) is 7.53. The minimum atomic E-state index is 0.652. The van der Waals surface area contributed by atoms with Crippen molar-refractivity contribution in [1.82, 2.24) is 19.5 Å². The molecule has 8 aromatic carbocycles. The van der Waals surface area contributed by atoms with Crippen LogP contribution in [0.4, 0.5) is 0 Å². The molecule has 4 aromatic heterocycles. The predicted octanol–water partition coefficient (Wildman–Crippen LogP) is 14.4. The van der Waals surface area contributed by atoms with Crippen molar-refractivity contribution < 1.29 is 0 Å². The van der Waals surface area contributed by atoms with Crippen LogP contribution in [0.15, 0.2) is 182 Å². The maximum atomic E-state index is 5.10. The number of nitrogens with zero attached hydrogens (tertiary/aromatic N) is 4. The Morgan fingerprint density at radius 2 is 0.912 bits per heavy atom. The Bertz CT molecular complexity index is 3410. The van der Waals surface area contributed by atoms with Gasteiger partial charge < -0.3 is 4.57 Å². The van der Waals surface area contributed by atoms with Crippen LogP contribution in [0.5, 0.6) is 0 Å². The van der Waals surface area contributed by atoms with E-state index >= 15 is 0 Å². The Labute approximate surface area is 335 Å². The Balaban J connectivity index is 1.15. The van der Waals surface area contributed by atoms with E-state index < -0.39 is 0 Å². The van der Waals surface area contributed by atoms with Crippen LogP contribution < -0.4 is 0 Å². The van der Waals surface area contributed by atoms with Gasteiger partial charge in [-0.3, -0.25) is 0 Å². The third-order valence-corrected chi connectivity index (χ3v) is 13.4. The summed E-state index contributed by atoms with van der Waals surface area (Å²) < 4.78 is 7.49. The first-order chi connectivity index (χ1) is 28.2. The zero-order chi connectivity index (χ0) is 37.5. The van der Waals surface area contributed by atoms with E-state index in [9.17, 15) is 0 Å². The summed E-state index contributed by atoms with van der Waals surface area (Å²) in [4.78, 5) is 15.2. The van der Waals surface area contributed by atoms with Crippen molar-refractivity contribution in [2.24, 2.45) is 0 Å². The number of benzene rings is 8. The molecule has 0 aliphatic heterocycles. The summed E-state index contributed by atoms with van der Waals surface area (Å²) in [6.07, 6.45) is 0. The molecular formula is C51H30N4S2. The van der Waals surface area contributed by atoms with Gasteiger partial charge in [0.25, 0.3) is 0 Å². The lowest BCUT2D eigenvalue weighted by atomic mass is 9.96. The number of rotatable bonds is 5. The van der Waals surface area contributed by atoms with E-state index in [1.165, 1.54) is 73.3 Å². The quantitative estimate of drug-likeness (QED) is 0.175. The van der Waals surface area contributed by atoms with Gasteiger partial charge in [0, 0.05) is 79.1 Å². The molecule has 0 fully saturated rings. The smallest absolute Gasteiger partial charge is 0.164 e. The van der Waals surface area contributed by atoms with Gasteiger partial charge in [0.1, 0.15) is 0 Å². The van der Waals surface area contributed by atoms with Gasteiger partial charge in [-0.15, -0.1) is 22.7 Å². The molecule has 266 valence electrons. The average molecular weight is 763 g/mol. The fourth-order valence-electron chi connectivity index (χ4n) is 8.47. The molecule has 12 aromatic rings. The van der Waals surface area contributed by atoms with Gasteiger partial charge >= 0.3 is 0 Å². The zero-order valence-corrected chi connectivity index (χ0v) is 32.1. The molecule has 0 aliphatic rings. The minimum Gasteiger partial charge on any atom is -0.309 e. The lowest BCUT2D eigenvalue weighted by molar-refractivity contribution is 1.07. The summed E-state index contributed by atoms with van der Waals surface area (Å²) in [6.45, 7) is 0. The molecule has 0 saturated heterocycles. The largest absolute Gasteiger partial charge is 0.309 e. The number of hydrogen-bond donors (Lipinski definition) is 0. The maximum absolute atomic E-state index is 5.10. The summed E-state index contributed by atoms with van der Waals surface area (Å²) >= 11 is 3.72. The van der Waals surface area contributed by atoms with Gasteiger partial charge in [-0.05, 0) is 54.1 Å². The fraction of sp³-hybridized carbons (Fsp3) is 0. The van der Waals surface area contributed by atoms with Crippen molar-refractivity contribution in [3.05, 3.63) is 182 Å². The van der Waals surface area contributed by atoms with Gasteiger partial charge in [0.15, 0.2) is 17.5 Å². The second kappa shape index (κ2) is 12.8. The highest BCUT2D eigenvalue weighted by Gasteiger charge is 2.21. The fourth-order valence-corrected chi connectivity index (χ4v) is 10.8. The highest BCUT2D eigenvalue weighted by molar-refractivity contribution is 7.27. The van der Waals surface area contributed by atoms with E-state index in [-0.39, 0.29) is 0 Å². The summed E-state index contributed by atoms with van der Waals surface area (Å²) in [7, 11) is 0. The second-order valence-electron chi connectivity index (χ2n) is 14.4. The van der Waals surface area contributed by atoms with Crippen molar-refractivity contribution in [3.63, 3.8) is 0 Å². The van der Waals surface area contributed by atoms with Crippen LogP contribution in [0.1, 0.15) is 0 Å². The number of hydrogen-bond acceptors (Lipinski definition) is 5. The predicted molar refractivity (Wildman–Crippen MR) is 242 cm³/mol. The van der Waals surface area contributed by atoms with Crippen LogP contribution in [-0.4, -0.2) is 19.5 Å². The maximum Gasteiger partial charge on any atom is 0.164 e. The van der Waals surface area contributed by atoms with Gasteiger partial charge in [-0.1, -0.05) is 133 Å². The first-order valence-electron chi connectivity index (χ1n) is 19.0. The first-order valence-corrected chi connectivity index (χ1v) is 20.7. The number of aromatic nitrogens is 4. The molecule has 0 atom stereocenters. The molecule has 6 heteroatoms.